The highest BCUT2D eigenvalue weighted by molar-refractivity contribution is 6.24. The molecule has 0 unspecified atom stereocenters. The van der Waals surface area contributed by atoms with Gasteiger partial charge in [0.25, 0.3) is 5.91 Å². The van der Waals surface area contributed by atoms with Gasteiger partial charge in [-0.25, -0.2) is 0 Å². The maximum Gasteiger partial charge on any atom is 0.255 e. The third-order valence-electron chi connectivity index (χ3n) is 7.56. The van der Waals surface area contributed by atoms with Gasteiger partial charge in [0.05, 0.1) is 18.2 Å². The third kappa shape index (κ3) is 3.86. The molecular formula is C26H31N3O8. The van der Waals surface area contributed by atoms with Gasteiger partial charge < -0.3 is 25.8 Å². The number of nitrogens with one attached hydrogen (secondary N) is 1. The van der Waals surface area contributed by atoms with E-state index in [-0.39, 0.29) is 42.9 Å². The van der Waals surface area contributed by atoms with E-state index < -0.39 is 58.0 Å². The molecule has 0 bridgehead atoms. The summed E-state index contributed by atoms with van der Waals surface area (Å²) in [4.78, 5) is 46.4. The van der Waals surface area contributed by atoms with E-state index in [1.807, 2.05) is 0 Å². The Labute approximate surface area is 213 Å². The van der Waals surface area contributed by atoms with Gasteiger partial charge in [-0.2, -0.15) is 5.48 Å². The number of fused-ring (bicyclic) bond motifs is 3. The molecule has 11 heteroatoms. The number of aliphatic hydroxyl groups is 2. The zero-order valence-corrected chi connectivity index (χ0v) is 20.9. The van der Waals surface area contributed by atoms with E-state index in [1.165, 1.54) is 13.2 Å². The fraction of sp³-hybridized carbons (Fsp3) is 0.423. The third-order valence-corrected chi connectivity index (χ3v) is 7.56. The number of rotatable bonds is 8. The first-order valence-corrected chi connectivity index (χ1v) is 11.8. The predicted octanol–water partition coefficient (Wildman–Crippen LogP) is 0.825. The van der Waals surface area contributed by atoms with Crippen LogP contribution in [0, 0.1) is 11.8 Å². The van der Waals surface area contributed by atoms with Crippen molar-refractivity contribution in [2.45, 2.75) is 31.0 Å². The highest BCUT2D eigenvalue weighted by atomic mass is 16.6. The molecule has 0 spiro atoms. The van der Waals surface area contributed by atoms with Crippen LogP contribution in [-0.2, 0) is 36.9 Å². The van der Waals surface area contributed by atoms with Crippen LogP contribution in [-0.4, -0.2) is 77.1 Å². The molecule has 1 fully saturated rings. The summed E-state index contributed by atoms with van der Waals surface area (Å²) in [5.41, 5.74) is 6.84. The van der Waals surface area contributed by atoms with E-state index >= 15 is 0 Å². The zero-order valence-electron chi connectivity index (χ0n) is 20.9. The number of amides is 1. The van der Waals surface area contributed by atoms with Crippen LogP contribution in [0.4, 0.5) is 0 Å². The van der Waals surface area contributed by atoms with Gasteiger partial charge in [-0.1, -0.05) is 12.1 Å². The molecule has 3 aliphatic rings. The number of carbonyl (C=O) groups is 3. The van der Waals surface area contributed by atoms with Gasteiger partial charge in [-0.3, -0.25) is 24.1 Å². The number of phenolic OH excluding ortho intramolecular Hbond substituents is 1. The summed E-state index contributed by atoms with van der Waals surface area (Å²) in [6.07, 6.45) is 2.01. The molecule has 0 aliphatic heterocycles. The van der Waals surface area contributed by atoms with Gasteiger partial charge in [0.2, 0.25) is 5.78 Å². The van der Waals surface area contributed by atoms with Gasteiger partial charge in [-0.05, 0) is 50.0 Å². The number of nitrogens with two attached hydrogens (primary N) is 1. The second-order valence-corrected chi connectivity index (χ2v) is 9.65. The van der Waals surface area contributed by atoms with E-state index in [1.54, 1.807) is 31.1 Å². The highest BCUT2D eigenvalue weighted by Gasteiger charge is 2.65. The first-order valence-electron chi connectivity index (χ1n) is 11.8. The van der Waals surface area contributed by atoms with Crippen LogP contribution >= 0.6 is 0 Å². The molecular weight excluding hydrogens is 482 g/mol. The monoisotopic (exact) mass is 513 g/mol. The number of hydrogen-bond acceptors (Lipinski definition) is 10. The Morgan fingerprint density at radius 3 is 2.59 bits per heavy atom. The van der Waals surface area contributed by atoms with Crippen molar-refractivity contribution in [1.29, 1.82) is 0 Å². The van der Waals surface area contributed by atoms with Gasteiger partial charge in [0, 0.05) is 25.1 Å². The summed E-state index contributed by atoms with van der Waals surface area (Å²) >= 11 is 0. The molecule has 37 heavy (non-hydrogen) atoms. The van der Waals surface area contributed by atoms with Crippen LogP contribution in [0.1, 0.15) is 23.1 Å². The fourth-order valence-corrected chi connectivity index (χ4v) is 6.04. The van der Waals surface area contributed by atoms with Crippen molar-refractivity contribution in [3.05, 3.63) is 58.4 Å². The number of likely N-dealkylation sites (N-methyl/N-ethyl adjacent to an activating group) is 1. The van der Waals surface area contributed by atoms with E-state index in [0.29, 0.717) is 5.56 Å². The van der Waals surface area contributed by atoms with E-state index in [4.69, 9.17) is 15.3 Å². The Kier molecular flexibility index (Phi) is 6.99. The van der Waals surface area contributed by atoms with Crippen molar-refractivity contribution in [3.63, 3.8) is 0 Å². The summed E-state index contributed by atoms with van der Waals surface area (Å²) in [5.74, 6) is -5.62. The molecule has 4 atom stereocenters. The second kappa shape index (κ2) is 9.75. The Morgan fingerprint density at radius 2 is 2.00 bits per heavy atom. The first kappa shape index (κ1) is 26.6. The smallest absolute Gasteiger partial charge is 0.255 e. The number of aromatic hydroxyl groups is 1. The number of nitrogens with zero attached hydrogens (tertiary/aromatic N) is 1. The lowest BCUT2D eigenvalue weighted by molar-refractivity contribution is -0.159. The number of Topliss-reactive ketones (excluding diaryl/α,β-unsaturated/α-hetero) is 2. The number of hydrogen-bond donors (Lipinski definition) is 5. The van der Waals surface area contributed by atoms with Gasteiger partial charge >= 0.3 is 0 Å². The van der Waals surface area contributed by atoms with Crippen LogP contribution in [0.2, 0.25) is 0 Å². The Bertz CT molecular complexity index is 1250. The largest absolute Gasteiger partial charge is 0.508 e. The van der Waals surface area contributed by atoms with Crippen LogP contribution < -0.4 is 11.2 Å². The maximum absolute atomic E-state index is 14.1. The lowest BCUT2D eigenvalue weighted by Gasteiger charge is -2.52. The number of carbonyl (C=O) groups excluding carboxylic acids is 3. The van der Waals surface area contributed by atoms with Crippen molar-refractivity contribution in [3.8, 4) is 5.75 Å². The van der Waals surface area contributed by atoms with Crippen LogP contribution in [0.5, 0.6) is 5.75 Å². The number of phenols is 1. The molecule has 0 heterocycles. The molecule has 1 amide bonds. The van der Waals surface area contributed by atoms with Crippen molar-refractivity contribution in [1.82, 2.24) is 10.4 Å². The summed E-state index contributed by atoms with van der Waals surface area (Å²) < 4.78 is 5.65. The summed E-state index contributed by atoms with van der Waals surface area (Å²) in [5, 5.41) is 33.1. The molecule has 198 valence electrons. The lowest BCUT2D eigenvalue weighted by atomic mass is 9.57. The number of ether oxygens (including phenoxy) is 1. The van der Waals surface area contributed by atoms with Crippen LogP contribution in [0.15, 0.2) is 41.7 Å². The highest BCUT2D eigenvalue weighted by Crippen LogP contribution is 2.54. The molecule has 3 aliphatic carbocycles. The summed E-state index contributed by atoms with van der Waals surface area (Å²) in [7, 11) is 4.44. The Morgan fingerprint density at radius 1 is 1.30 bits per heavy atom. The number of benzene rings is 1. The van der Waals surface area contributed by atoms with E-state index in [0.717, 1.165) is 5.56 Å². The molecule has 0 aromatic heterocycles. The molecule has 0 radical (unpaired) electrons. The molecule has 1 aromatic carbocycles. The minimum absolute atomic E-state index is 0.0452. The van der Waals surface area contributed by atoms with Crippen molar-refractivity contribution in [2.24, 2.45) is 17.6 Å². The van der Waals surface area contributed by atoms with Crippen molar-refractivity contribution < 1.29 is 39.3 Å². The molecule has 6 N–H and O–H groups in total. The molecule has 4 rings (SSSR count). The topological polar surface area (TPSA) is 172 Å². The van der Waals surface area contributed by atoms with Crippen LogP contribution in [0.25, 0.3) is 5.76 Å². The van der Waals surface area contributed by atoms with Crippen molar-refractivity contribution >= 4 is 23.2 Å². The number of methoxy groups -OCH3 is 1. The number of aliphatic hydroxyl groups excluding tert-OH is 2. The SMILES string of the molecule is C=CCONCc1ccc(O)c2c1C[C@H]1C[C@H]3[C@H](N(C)C)C(=O)C(C(N)=O)=C(O)[C@@]3(OC)C(=O)C1=C2O. The fourth-order valence-electron chi connectivity index (χ4n) is 6.04. The number of hydroxylamine groups is 1. The minimum atomic E-state index is -2.11. The van der Waals surface area contributed by atoms with E-state index in [2.05, 4.69) is 12.1 Å². The van der Waals surface area contributed by atoms with Crippen molar-refractivity contribution in [2.75, 3.05) is 27.8 Å². The maximum atomic E-state index is 14.1. The minimum Gasteiger partial charge on any atom is -0.508 e. The first-order chi connectivity index (χ1) is 17.5. The normalized spacial score (nSPS) is 27.2. The lowest BCUT2D eigenvalue weighted by Crippen LogP contribution is -2.66. The number of ketones is 2. The standard InChI is InChI=1S/C26H31N3O8/c1-5-8-37-28-11-12-6-7-16(30)18-14(12)9-13-10-15-20(29(2)3)22(32)19(25(27)35)24(34)26(15,36-4)23(33)17(13)21(18)31/h5-7,13,15,20,28,30-31,34H,1,8-11H2,2-4H3,(H2,27,35)/t13-,15-,20-,26-/m0/s1. The predicted molar refractivity (Wildman–Crippen MR) is 132 cm³/mol. The average molecular weight is 514 g/mol. The quantitative estimate of drug-likeness (QED) is 0.145. The van der Waals surface area contributed by atoms with Gasteiger partial charge in [0.15, 0.2) is 11.4 Å². The van der Waals surface area contributed by atoms with Gasteiger partial charge in [-0.15, -0.1) is 6.58 Å². The van der Waals surface area contributed by atoms with Gasteiger partial charge in [0.1, 0.15) is 22.8 Å². The molecule has 0 saturated heterocycles. The molecule has 1 aromatic rings. The molecule has 1 saturated carbocycles. The van der Waals surface area contributed by atoms with E-state index in [9.17, 15) is 29.7 Å². The van der Waals surface area contributed by atoms with Crippen LogP contribution in [0.3, 0.4) is 0 Å². The Balaban J connectivity index is 1.90. The zero-order chi connectivity index (χ0) is 27.2. The second-order valence-electron chi connectivity index (χ2n) is 9.65. The summed E-state index contributed by atoms with van der Waals surface area (Å²) in [6.45, 7) is 4.12. The molecule has 11 nitrogen and oxygen atoms in total. The average Bonchev–Trinajstić information content (AvgIpc) is 2.82. The number of primary amides is 1. The summed E-state index contributed by atoms with van der Waals surface area (Å²) in [6, 6.07) is 2.11. The Hall–Kier alpha value is -3.51.